The number of aromatic nitrogens is 1. The highest BCUT2D eigenvalue weighted by Gasteiger charge is 2.07. The summed E-state index contributed by atoms with van der Waals surface area (Å²) in [5.74, 6) is 0. The lowest BCUT2D eigenvalue weighted by Gasteiger charge is -2.23. The lowest BCUT2D eigenvalue weighted by molar-refractivity contribution is 0.316. The monoisotopic (exact) mass is 333 g/mol. The van der Waals surface area contributed by atoms with Crippen LogP contribution in [0.3, 0.4) is 0 Å². The van der Waals surface area contributed by atoms with Crippen LogP contribution >= 0.6 is 15.9 Å². The Hall–Kier alpha value is -1.39. The molecule has 0 aliphatic heterocycles. The summed E-state index contributed by atoms with van der Waals surface area (Å²) in [6, 6.07) is 12.9. The van der Waals surface area contributed by atoms with Crippen LogP contribution in [-0.2, 0) is 6.54 Å². The molecule has 0 saturated carbocycles. The highest BCUT2D eigenvalue weighted by molar-refractivity contribution is 9.10. The molecule has 4 heteroatoms. The van der Waals surface area contributed by atoms with E-state index >= 15 is 0 Å². The van der Waals surface area contributed by atoms with Crippen molar-refractivity contribution in [2.45, 2.75) is 19.5 Å². The number of nitrogens with one attached hydrogen (secondary N) is 1. The van der Waals surface area contributed by atoms with E-state index in [9.17, 15) is 0 Å². The Morgan fingerprint density at radius 3 is 2.70 bits per heavy atom. The summed E-state index contributed by atoms with van der Waals surface area (Å²) >= 11 is 3.43. The van der Waals surface area contributed by atoms with Gasteiger partial charge in [-0.2, -0.15) is 0 Å². The maximum atomic E-state index is 4.16. The minimum Gasteiger partial charge on any atom is -0.380 e. The molecule has 3 nitrogen and oxygen atoms in total. The van der Waals surface area contributed by atoms with Gasteiger partial charge in [-0.05, 0) is 41.5 Å². The Morgan fingerprint density at radius 2 is 2.00 bits per heavy atom. The first kappa shape index (κ1) is 15.0. The molecule has 1 heterocycles. The van der Waals surface area contributed by atoms with Gasteiger partial charge in [0.2, 0.25) is 0 Å². The van der Waals surface area contributed by atoms with Crippen LogP contribution in [0.5, 0.6) is 0 Å². The Balaban J connectivity index is 1.83. The first-order valence-corrected chi connectivity index (χ1v) is 7.52. The van der Waals surface area contributed by atoms with Crippen LogP contribution in [0.1, 0.15) is 12.5 Å². The van der Waals surface area contributed by atoms with Crippen molar-refractivity contribution >= 4 is 21.6 Å². The van der Waals surface area contributed by atoms with Crippen molar-refractivity contribution in [2.24, 2.45) is 0 Å². The van der Waals surface area contributed by atoms with Crippen LogP contribution in [0.4, 0.5) is 5.69 Å². The van der Waals surface area contributed by atoms with Crippen LogP contribution in [0.15, 0.2) is 53.3 Å². The lowest BCUT2D eigenvalue weighted by Crippen LogP contribution is -2.32. The van der Waals surface area contributed by atoms with Crippen molar-refractivity contribution in [3.63, 3.8) is 0 Å². The number of pyridine rings is 1. The fourth-order valence-electron chi connectivity index (χ4n) is 2.25. The van der Waals surface area contributed by atoms with Gasteiger partial charge in [0.05, 0.1) is 11.9 Å². The van der Waals surface area contributed by atoms with E-state index < -0.39 is 0 Å². The molecule has 1 aromatic carbocycles. The number of hydrogen-bond donors (Lipinski definition) is 1. The Labute approximate surface area is 129 Å². The van der Waals surface area contributed by atoms with Crippen LogP contribution in [0.25, 0.3) is 0 Å². The number of nitrogens with zero attached hydrogens (tertiary/aromatic N) is 2. The first-order valence-electron chi connectivity index (χ1n) is 6.73. The quantitative estimate of drug-likeness (QED) is 0.871. The van der Waals surface area contributed by atoms with Crippen LogP contribution in [0, 0.1) is 0 Å². The second kappa shape index (κ2) is 7.41. The van der Waals surface area contributed by atoms with E-state index in [2.05, 4.69) is 69.4 Å². The maximum Gasteiger partial charge on any atom is 0.0540 e. The minimum atomic E-state index is 0.361. The second-order valence-corrected chi connectivity index (χ2v) is 6.04. The first-order chi connectivity index (χ1) is 9.63. The molecule has 1 unspecified atom stereocenters. The average molecular weight is 334 g/mol. The van der Waals surface area contributed by atoms with Gasteiger partial charge in [0.1, 0.15) is 0 Å². The molecule has 0 spiro atoms. The number of hydrogen-bond acceptors (Lipinski definition) is 3. The predicted octanol–water partition coefficient (Wildman–Crippen LogP) is 3.78. The third-order valence-electron chi connectivity index (χ3n) is 3.00. The van der Waals surface area contributed by atoms with Crippen molar-refractivity contribution in [1.29, 1.82) is 0 Å². The molecule has 0 saturated heterocycles. The molecule has 0 fully saturated rings. The fraction of sp³-hybridized carbons (Fsp3) is 0.312. The molecule has 0 aliphatic rings. The molecule has 106 valence electrons. The van der Waals surface area contributed by atoms with Crippen molar-refractivity contribution in [1.82, 2.24) is 9.88 Å². The van der Waals surface area contributed by atoms with Crippen LogP contribution in [-0.4, -0.2) is 29.5 Å². The zero-order valence-corrected chi connectivity index (χ0v) is 13.5. The molecule has 2 aromatic rings. The summed E-state index contributed by atoms with van der Waals surface area (Å²) < 4.78 is 0.993. The summed E-state index contributed by atoms with van der Waals surface area (Å²) in [6.45, 7) is 4.12. The van der Waals surface area contributed by atoms with Gasteiger partial charge in [-0.3, -0.25) is 4.98 Å². The minimum absolute atomic E-state index is 0.361. The van der Waals surface area contributed by atoms with Gasteiger partial charge in [0.15, 0.2) is 0 Å². The highest BCUT2D eigenvalue weighted by Crippen LogP contribution is 2.14. The summed E-state index contributed by atoms with van der Waals surface area (Å²) in [6.07, 6.45) is 3.63. The van der Waals surface area contributed by atoms with E-state index in [0.717, 1.165) is 23.2 Å². The van der Waals surface area contributed by atoms with Gasteiger partial charge in [-0.15, -0.1) is 0 Å². The Bertz CT molecular complexity index is 530. The van der Waals surface area contributed by atoms with Gasteiger partial charge in [0.25, 0.3) is 0 Å². The van der Waals surface area contributed by atoms with Crippen molar-refractivity contribution in [2.75, 3.05) is 18.9 Å². The fourth-order valence-corrected chi connectivity index (χ4v) is 2.61. The second-order valence-electron chi connectivity index (χ2n) is 5.12. The molecular formula is C16H20BrN3. The SMILES string of the molecule is CC(CN(C)Cc1ccccc1)Nc1cncc(Br)c1. The molecular weight excluding hydrogens is 314 g/mol. The number of likely N-dealkylation sites (N-methyl/N-ethyl adjacent to an activating group) is 1. The van der Waals surface area contributed by atoms with Gasteiger partial charge < -0.3 is 10.2 Å². The molecule has 0 bridgehead atoms. The average Bonchev–Trinajstić information content (AvgIpc) is 2.39. The van der Waals surface area contributed by atoms with E-state index in [-0.39, 0.29) is 0 Å². The molecule has 1 atom stereocenters. The van der Waals surface area contributed by atoms with Gasteiger partial charge in [0, 0.05) is 29.8 Å². The van der Waals surface area contributed by atoms with E-state index in [4.69, 9.17) is 0 Å². The summed E-state index contributed by atoms with van der Waals surface area (Å²) in [5.41, 5.74) is 2.38. The molecule has 1 aromatic heterocycles. The third-order valence-corrected chi connectivity index (χ3v) is 3.43. The van der Waals surface area contributed by atoms with Crippen molar-refractivity contribution < 1.29 is 0 Å². The lowest BCUT2D eigenvalue weighted by atomic mass is 10.2. The largest absolute Gasteiger partial charge is 0.380 e. The van der Waals surface area contributed by atoms with Crippen molar-refractivity contribution in [3.05, 3.63) is 58.8 Å². The number of halogens is 1. The van der Waals surface area contributed by atoms with Gasteiger partial charge in [-0.25, -0.2) is 0 Å². The van der Waals surface area contributed by atoms with E-state index in [0.29, 0.717) is 6.04 Å². The molecule has 0 amide bonds. The van der Waals surface area contributed by atoms with Crippen LogP contribution < -0.4 is 5.32 Å². The zero-order valence-electron chi connectivity index (χ0n) is 11.9. The molecule has 0 radical (unpaired) electrons. The van der Waals surface area contributed by atoms with Gasteiger partial charge in [-0.1, -0.05) is 30.3 Å². The topological polar surface area (TPSA) is 28.2 Å². The Morgan fingerprint density at radius 1 is 1.25 bits per heavy atom. The van der Waals surface area contributed by atoms with Crippen LogP contribution in [0.2, 0.25) is 0 Å². The molecule has 2 rings (SSSR count). The number of rotatable bonds is 6. The standard InChI is InChI=1S/C16H20BrN3/c1-13(19-16-8-15(17)9-18-10-16)11-20(2)12-14-6-4-3-5-7-14/h3-10,13,19H,11-12H2,1-2H3. The third kappa shape index (κ3) is 4.94. The van der Waals surface area contributed by atoms with Crippen molar-refractivity contribution in [3.8, 4) is 0 Å². The summed E-state index contributed by atoms with van der Waals surface area (Å²) in [7, 11) is 2.14. The summed E-state index contributed by atoms with van der Waals surface area (Å²) in [4.78, 5) is 6.48. The normalized spacial score (nSPS) is 12.4. The van der Waals surface area contributed by atoms with E-state index in [1.165, 1.54) is 5.56 Å². The van der Waals surface area contributed by atoms with Gasteiger partial charge >= 0.3 is 0 Å². The predicted molar refractivity (Wildman–Crippen MR) is 87.8 cm³/mol. The molecule has 0 aliphatic carbocycles. The molecule has 1 N–H and O–H groups in total. The number of anilines is 1. The molecule has 20 heavy (non-hydrogen) atoms. The van der Waals surface area contributed by atoms with E-state index in [1.54, 1.807) is 6.20 Å². The summed E-state index contributed by atoms with van der Waals surface area (Å²) in [5, 5.41) is 3.47. The Kier molecular flexibility index (Phi) is 5.56. The van der Waals surface area contributed by atoms with E-state index in [1.807, 2.05) is 18.3 Å². The maximum absolute atomic E-state index is 4.16. The number of benzene rings is 1. The zero-order chi connectivity index (χ0) is 14.4. The highest BCUT2D eigenvalue weighted by atomic mass is 79.9. The smallest absolute Gasteiger partial charge is 0.0540 e.